The number of benzene rings is 1. The molecule has 0 bridgehead atoms. The maximum Gasteiger partial charge on any atom is 0.225 e. The summed E-state index contributed by atoms with van der Waals surface area (Å²) in [7, 11) is 0. The van der Waals surface area contributed by atoms with Crippen LogP contribution in [0.5, 0.6) is 11.5 Å². The molecule has 1 fully saturated rings. The number of carbonyl (C=O) groups is 2. The van der Waals surface area contributed by atoms with Crippen LogP contribution >= 0.6 is 0 Å². The Hall–Kier alpha value is -2.24. The molecule has 2 rings (SSSR count). The van der Waals surface area contributed by atoms with E-state index in [1.54, 1.807) is 4.90 Å². The summed E-state index contributed by atoms with van der Waals surface area (Å²) in [4.78, 5) is 26.5. The van der Waals surface area contributed by atoms with Crippen molar-refractivity contribution in [2.24, 2.45) is 11.8 Å². The van der Waals surface area contributed by atoms with E-state index in [-0.39, 0.29) is 36.1 Å². The van der Waals surface area contributed by atoms with Gasteiger partial charge in [-0.3, -0.25) is 9.59 Å². The van der Waals surface area contributed by atoms with E-state index in [0.29, 0.717) is 37.8 Å². The summed E-state index contributed by atoms with van der Waals surface area (Å²) in [5, 5.41) is 3.15. The van der Waals surface area contributed by atoms with Gasteiger partial charge in [-0.2, -0.15) is 0 Å². The number of rotatable bonds is 9. The van der Waals surface area contributed by atoms with Crippen molar-refractivity contribution in [1.29, 1.82) is 0 Å². The summed E-state index contributed by atoms with van der Waals surface area (Å²) in [5.74, 6) is 1.29. The number of carbonyl (C=O) groups excluding carboxylic acids is 2. The van der Waals surface area contributed by atoms with Gasteiger partial charge in [0.1, 0.15) is 0 Å². The number of ether oxygens (including phenoxy) is 2. The molecule has 1 saturated heterocycles. The molecule has 150 valence electrons. The predicted octanol–water partition coefficient (Wildman–Crippen LogP) is 3.17. The van der Waals surface area contributed by atoms with Gasteiger partial charge in [0.15, 0.2) is 11.5 Å². The van der Waals surface area contributed by atoms with Crippen molar-refractivity contribution in [2.45, 2.75) is 47.1 Å². The molecule has 2 amide bonds. The van der Waals surface area contributed by atoms with Gasteiger partial charge in [-0.15, -0.1) is 0 Å². The standard InChI is InChI=1S/C21H32N2O4/c1-6-23-13-16(12-19(23)24)21(25)22-20(14(4)5)15-9-10-17(26-7-2)18(11-15)27-8-3/h9-11,14,16,20H,6-8,12-13H2,1-5H3,(H,22,25). The third-order valence-electron chi connectivity index (χ3n) is 4.86. The largest absolute Gasteiger partial charge is 0.490 e. The molecule has 0 spiro atoms. The van der Waals surface area contributed by atoms with Crippen LogP contribution in [0.25, 0.3) is 0 Å². The monoisotopic (exact) mass is 376 g/mol. The van der Waals surface area contributed by atoms with Gasteiger partial charge in [-0.1, -0.05) is 19.9 Å². The highest BCUT2D eigenvalue weighted by Gasteiger charge is 2.34. The minimum atomic E-state index is -0.284. The molecule has 0 saturated carbocycles. The van der Waals surface area contributed by atoms with Gasteiger partial charge in [0.05, 0.1) is 25.2 Å². The number of likely N-dealkylation sites (tertiary alicyclic amines) is 1. The van der Waals surface area contributed by atoms with Gasteiger partial charge >= 0.3 is 0 Å². The van der Waals surface area contributed by atoms with Crippen molar-refractivity contribution in [2.75, 3.05) is 26.3 Å². The zero-order valence-electron chi connectivity index (χ0n) is 17.1. The molecule has 0 aromatic heterocycles. The molecule has 6 nitrogen and oxygen atoms in total. The Morgan fingerprint density at radius 3 is 2.41 bits per heavy atom. The lowest BCUT2D eigenvalue weighted by Gasteiger charge is -2.25. The molecule has 1 aliphatic rings. The Kier molecular flexibility index (Phi) is 7.51. The second-order valence-electron chi connectivity index (χ2n) is 7.14. The van der Waals surface area contributed by atoms with Crippen molar-refractivity contribution >= 4 is 11.8 Å². The van der Waals surface area contributed by atoms with Crippen LogP contribution in [0.15, 0.2) is 18.2 Å². The van der Waals surface area contributed by atoms with E-state index in [4.69, 9.17) is 9.47 Å². The first-order valence-electron chi connectivity index (χ1n) is 9.88. The maximum atomic E-state index is 12.8. The van der Waals surface area contributed by atoms with E-state index in [1.165, 1.54) is 0 Å². The van der Waals surface area contributed by atoms with Crippen LogP contribution in [0.1, 0.15) is 52.6 Å². The Balaban J connectivity index is 2.18. The van der Waals surface area contributed by atoms with Crippen LogP contribution in [0, 0.1) is 11.8 Å². The summed E-state index contributed by atoms with van der Waals surface area (Å²) in [6.07, 6.45) is 0.290. The maximum absolute atomic E-state index is 12.8. The predicted molar refractivity (Wildman–Crippen MR) is 105 cm³/mol. The fourth-order valence-corrected chi connectivity index (χ4v) is 3.42. The SMILES string of the molecule is CCOc1ccc(C(NC(=O)C2CC(=O)N(CC)C2)C(C)C)cc1OCC. The van der Waals surface area contributed by atoms with Crippen LogP contribution in [-0.2, 0) is 9.59 Å². The van der Waals surface area contributed by atoms with E-state index < -0.39 is 0 Å². The summed E-state index contributed by atoms with van der Waals surface area (Å²) in [6, 6.07) is 5.65. The van der Waals surface area contributed by atoms with Gasteiger partial charge in [0.2, 0.25) is 11.8 Å². The van der Waals surface area contributed by atoms with Gasteiger partial charge < -0.3 is 19.7 Å². The zero-order valence-corrected chi connectivity index (χ0v) is 17.1. The zero-order chi connectivity index (χ0) is 20.0. The minimum Gasteiger partial charge on any atom is -0.490 e. The Morgan fingerprint density at radius 1 is 1.19 bits per heavy atom. The molecule has 6 heteroatoms. The quantitative estimate of drug-likeness (QED) is 0.719. The summed E-state index contributed by atoms with van der Waals surface area (Å²) < 4.78 is 11.3. The third-order valence-corrected chi connectivity index (χ3v) is 4.86. The van der Waals surface area contributed by atoms with Crippen molar-refractivity contribution in [1.82, 2.24) is 10.2 Å². The lowest BCUT2D eigenvalue weighted by atomic mass is 9.94. The average Bonchev–Trinajstić information content (AvgIpc) is 3.02. The second kappa shape index (κ2) is 9.62. The number of hydrogen-bond donors (Lipinski definition) is 1. The lowest BCUT2D eigenvalue weighted by molar-refractivity contribution is -0.129. The first-order valence-corrected chi connectivity index (χ1v) is 9.88. The molecule has 2 unspecified atom stereocenters. The number of amides is 2. The highest BCUT2D eigenvalue weighted by molar-refractivity contribution is 5.89. The van der Waals surface area contributed by atoms with E-state index in [1.807, 2.05) is 39.0 Å². The van der Waals surface area contributed by atoms with Crippen LogP contribution in [0.4, 0.5) is 0 Å². The number of hydrogen-bond acceptors (Lipinski definition) is 4. The van der Waals surface area contributed by atoms with Crippen LogP contribution in [0.3, 0.4) is 0 Å². The normalized spacial score (nSPS) is 17.9. The summed E-state index contributed by atoms with van der Waals surface area (Å²) in [6.45, 7) is 12.2. The van der Waals surface area contributed by atoms with Crippen molar-refractivity contribution in [3.63, 3.8) is 0 Å². The van der Waals surface area contributed by atoms with E-state index >= 15 is 0 Å². The van der Waals surface area contributed by atoms with Gasteiger partial charge in [0.25, 0.3) is 0 Å². The van der Waals surface area contributed by atoms with E-state index in [2.05, 4.69) is 19.2 Å². The fourth-order valence-electron chi connectivity index (χ4n) is 3.42. The molecule has 0 radical (unpaired) electrons. The van der Waals surface area contributed by atoms with E-state index in [9.17, 15) is 9.59 Å². The summed E-state index contributed by atoms with van der Waals surface area (Å²) >= 11 is 0. The summed E-state index contributed by atoms with van der Waals surface area (Å²) in [5.41, 5.74) is 0.974. The van der Waals surface area contributed by atoms with Gasteiger partial charge in [0, 0.05) is 19.5 Å². The highest BCUT2D eigenvalue weighted by atomic mass is 16.5. The van der Waals surface area contributed by atoms with E-state index in [0.717, 1.165) is 5.56 Å². The number of nitrogens with one attached hydrogen (secondary N) is 1. The molecule has 1 aromatic carbocycles. The molecule has 27 heavy (non-hydrogen) atoms. The molecule has 1 aliphatic heterocycles. The first-order chi connectivity index (χ1) is 12.9. The Bertz CT molecular complexity index is 660. The molecule has 2 atom stereocenters. The fraction of sp³-hybridized carbons (Fsp3) is 0.619. The number of nitrogens with zero attached hydrogens (tertiary/aromatic N) is 1. The van der Waals surface area contributed by atoms with Gasteiger partial charge in [-0.25, -0.2) is 0 Å². The highest BCUT2D eigenvalue weighted by Crippen LogP contribution is 2.33. The van der Waals surface area contributed by atoms with Crippen LogP contribution in [0.2, 0.25) is 0 Å². The molecule has 1 heterocycles. The Labute approximate surface area is 162 Å². The smallest absolute Gasteiger partial charge is 0.225 e. The average molecular weight is 376 g/mol. The van der Waals surface area contributed by atoms with Crippen molar-refractivity contribution in [3.05, 3.63) is 23.8 Å². The molecular formula is C21H32N2O4. The second-order valence-corrected chi connectivity index (χ2v) is 7.14. The van der Waals surface area contributed by atoms with Crippen LogP contribution < -0.4 is 14.8 Å². The molecular weight excluding hydrogens is 344 g/mol. The molecule has 1 aromatic rings. The van der Waals surface area contributed by atoms with Crippen molar-refractivity contribution < 1.29 is 19.1 Å². The van der Waals surface area contributed by atoms with Gasteiger partial charge in [-0.05, 0) is 44.4 Å². The van der Waals surface area contributed by atoms with Crippen LogP contribution in [-0.4, -0.2) is 43.0 Å². The Morgan fingerprint density at radius 2 is 1.85 bits per heavy atom. The third kappa shape index (κ3) is 5.15. The minimum absolute atomic E-state index is 0.0541. The lowest BCUT2D eigenvalue weighted by Crippen LogP contribution is -2.37. The molecule has 0 aliphatic carbocycles. The molecule has 1 N–H and O–H groups in total. The topological polar surface area (TPSA) is 67.9 Å². The first kappa shape index (κ1) is 21.1. The van der Waals surface area contributed by atoms with Crippen molar-refractivity contribution in [3.8, 4) is 11.5 Å².